The number of benzene rings is 1. The van der Waals surface area contributed by atoms with E-state index < -0.39 is 0 Å². The van der Waals surface area contributed by atoms with Gasteiger partial charge in [0.15, 0.2) is 5.82 Å². The van der Waals surface area contributed by atoms with Crippen molar-refractivity contribution in [2.24, 2.45) is 0 Å². The minimum Gasteiger partial charge on any atom is -0.459 e. The molecular weight excluding hydrogens is 276 g/mol. The van der Waals surface area contributed by atoms with Gasteiger partial charge in [-0.1, -0.05) is 18.2 Å². The van der Waals surface area contributed by atoms with Crippen LogP contribution in [0.5, 0.6) is 0 Å². The van der Waals surface area contributed by atoms with E-state index in [2.05, 4.69) is 21.6 Å². The van der Waals surface area contributed by atoms with Gasteiger partial charge in [-0.3, -0.25) is 0 Å². The van der Waals surface area contributed by atoms with Crippen LogP contribution in [0.4, 0.5) is 5.82 Å². The number of nitrogens with zero attached hydrogens (tertiary/aromatic N) is 3. The number of nitriles is 1. The fraction of sp³-hybridized carbons (Fsp3) is 0.235. The maximum atomic E-state index is 9.34. The van der Waals surface area contributed by atoms with Crippen molar-refractivity contribution < 1.29 is 4.42 Å². The number of rotatable bonds is 3. The quantitative estimate of drug-likeness (QED) is 0.792. The van der Waals surface area contributed by atoms with Gasteiger partial charge >= 0.3 is 0 Å². The summed E-state index contributed by atoms with van der Waals surface area (Å²) >= 11 is 0. The molecule has 0 bridgehead atoms. The number of anilines is 1. The second-order valence-corrected chi connectivity index (χ2v) is 5.30. The molecule has 3 aromatic rings. The molecule has 0 saturated heterocycles. The summed E-state index contributed by atoms with van der Waals surface area (Å²) in [5.74, 6) is 1.28. The van der Waals surface area contributed by atoms with Gasteiger partial charge < -0.3 is 9.73 Å². The summed E-state index contributed by atoms with van der Waals surface area (Å²) in [4.78, 5) is 0. The number of fused-ring (bicyclic) bond motifs is 1. The highest BCUT2D eigenvalue weighted by Crippen LogP contribution is 2.27. The van der Waals surface area contributed by atoms with E-state index in [0.717, 1.165) is 28.0 Å². The smallest absolute Gasteiger partial charge is 0.167 e. The summed E-state index contributed by atoms with van der Waals surface area (Å²) in [5, 5.41) is 21.8. The first-order valence-corrected chi connectivity index (χ1v) is 7.09. The molecule has 2 aromatic heterocycles. The number of aryl methyl sites for hydroxylation is 1. The molecule has 1 N–H and O–H groups in total. The molecule has 0 amide bonds. The Kier molecular flexibility index (Phi) is 3.51. The molecule has 0 spiro atoms. The van der Waals surface area contributed by atoms with E-state index in [1.165, 1.54) is 0 Å². The van der Waals surface area contributed by atoms with Gasteiger partial charge in [0.05, 0.1) is 11.7 Å². The zero-order chi connectivity index (χ0) is 15.7. The largest absolute Gasteiger partial charge is 0.459 e. The number of hydrogen-bond donors (Lipinski definition) is 1. The minimum absolute atomic E-state index is 0.115. The molecule has 0 unspecified atom stereocenters. The van der Waals surface area contributed by atoms with E-state index >= 15 is 0 Å². The second kappa shape index (κ2) is 5.49. The number of furan rings is 1. The Morgan fingerprint density at radius 1 is 1.23 bits per heavy atom. The Hall–Kier alpha value is -2.87. The van der Waals surface area contributed by atoms with Gasteiger partial charge in [0.25, 0.3) is 0 Å². The molecule has 1 atom stereocenters. The van der Waals surface area contributed by atoms with Crippen LogP contribution in [0.1, 0.15) is 35.5 Å². The van der Waals surface area contributed by atoms with E-state index in [1.807, 2.05) is 51.1 Å². The summed E-state index contributed by atoms with van der Waals surface area (Å²) in [6.45, 7) is 5.69. The second-order valence-electron chi connectivity index (χ2n) is 5.30. The summed E-state index contributed by atoms with van der Waals surface area (Å²) < 4.78 is 5.84. The SMILES string of the molecule is Cc1nnc(N[C@H](C)c2cc3ccccc3o2)c(C#N)c1C. The predicted molar refractivity (Wildman–Crippen MR) is 84.5 cm³/mol. The highest BCUT2D eigenvalue weighted by Gasteiger charge is 2.16. The Morgan fingerprint density at radius 3 is 2.73 bits per heavy atom. The number of hydrogen-bond acceptors (Lipinski definition) is 5. The average Bonchev–Trinajstić information content (AvgIpc) is 2.95. The van der Waals surface area contributed by atoms with Crippen molar-refractivity contribution in [3.8, 4) is 6.07 Å². The van der Waals surface area contributed by atoms with Crippen LogP contribution in [-0.2, 0) is 0 Å². The minimum atomic E-state index is -0.115. The lowest BCUT2D eigenvalue weighted by Gasteiger charge is -2.14. The van der Waals surface area contributed by atoms with Crippen LogP contribution < -0.4 is 5.32 Å². The Morgan fingerprint density at radius 2 is 2.00 bits per heavy atom. The highest BCUT2D eigenvalue weighted by atomic mass is 16.3. The van der Waals surface area contributed by atoms with Gasteiger partial charge in [0.1, 0.15) is 23.0 Å². The fourth-order valence-corrected chi connectivity index (χ4v) is 2.34. The van der Waals surface area contributed by atoms with Crippen LogP contribution in [0.15, 0.2) is 34.7 Å². The van der Waals surface area contributed by atoms with Gasteiger partial charge in [0.2, 0.25) is 0 Å². The van der Waals surface area contributed by atoms with Crippen molar-refractivity contribution in [1.82, 2.24) is 10.2 Å². The van der Waals surface area contributed by atoms with Crippen LogP contribution in [-0.4, -0.2) is 10.2 Å². The third-order valence-electron chi connectivity index (χ3n) is 3.79. The normalized spacial score (nSPS) is 12.1. The zero-order valence-corrected chi connectivity index (χ0v) is 12.7. The zero-order valence-electron chi connectivity index (χ0n) is 12.7. The standard InChI is InChI=1S/C17H16N4O/c1-10-11(2)20-21-17(14(10)9-18)19-12(3)16-8-13-6-4-5-7-15(13)22-16/h4-8,12H,1-3H3,(H,19,21)/t12-/m1/s1. The Bertz CT molecular complexity index is 843. The van der Waals surface area contributed by atoms with E-state index in [9.17, 15) is 5.26 Å². The van der Waals surface area contributed by atoms with Gasteiger partial charge in [-0.05, 0) is 38.5 Å². The Labute approximate surface area is 128 Å². The lowest BCUT2D eigenvalue weighted by atomic mass is 10.1. The fourth-order valence-electron chi connectivity index (χ4n) is 2.34. The highest BCUT2D eigenvalue weighted by molar-refractivity contribution is 5.78. The van der Waals surface area contributed by atoms with Gasteiger partial charge in [-0.15, -0.1) is 5.10 Å². The molecule has 2 heterocycles. The molecule has 0 aliphatic heterocycles. The molecule has 0 saturated carbocycles. The van der Waals surface area contributed by atoms with E-state index in [4.69, 9.17) is 4.42 Å². The van der Waals surface area contributed by atoms with Crippen molar-refractivity contribution in [3.05, 3.63) is 52.9 Å². The van der Waals surface area contributed by atoms with Gasteiger partial charge in [-0.2, -0.15) is 10.4 Å². The molecular formula is C17H16N4O. The van der Waals surface area contributed by atoms with Crippen LogP contribution >= 0.6 is 0 Å². The van der Waals surface area contributed by atoms with Crippen LogP contribution in [0.3, 0.4) is 0 Å². The summed E-state index contributed by atoms with van der Waals surface area (Å²) in [5.41, 5.74) is 2.98. The van der Waals surface area contributed by atoms with Crippen LogP contribution in [0.25, 0.3) is 11.0 Å². The van der Waals surface area contributed by atoms with Gasteiger partial charge in [0, 0.05) is 5.39 Å². The maximum Gasteiger partial charge on any atom is 0.167 e. The lowest BCUT2D eigenvalue weighted by molar-refractivity contribution is 0.525. The lowest BCUT2D eigenvalue weighted by Crippen LogP contribution is -2.11. The monoisotopic (exact) mass is 292 g/mol. The van der Waals surface area contributed by atoms with Crippen molar-refractivity contribution in [2.45, 2.75) is 26.8 Å². The van der Waals surface area contributed by atoms with Crippen molar-refractivity contribution in [1.29, 1.82) is 5.26 Å². The molecule has 0 aliphatic carbocycles. The predicted octanol–water partition coefficient (Wildman–Crippen LogP) is 3.88. The third-order valence-corrected chi connectivity index (χ3v) is 3.79. The molecule has 0 radical (unpaired) electrons. The number of para-hydroxylation sites is 1. The van der Waals surface area contributed by atoms with Crippen molar-refractivity contribution in [3.63, 3.8) is 0 Å². The van der Waals surface area contributed by atoms with E-state index in [1.54, 1.807) is 0 Å². The summed E-state index contributed by atoms with van der Waals surface area (Å²) in [7, 11) is 0. The Balaban J connectivity index is 1.93. The molecule has 3 rings (SSSR count). The van der Waals surface area contributed by atoms with Crippen LogP contribution in [0, 0.1) is 25.2 Å². The van der Waals surface area contributed by atoms with Gasteiger partial charge in [-0.25, -0.2) is 0 Å². The van der Waals surface area contributed by atoms with E-state index in [0.29, 0.717) is 11.4 Å². The summed E-state index contributed by atoms with van der Waals surface area (Å²) in [6, 6.07) is 11.9. The van der Waals surface area contributed by atoms with Crippen molar-refractivity contribution >= 4 is 16.8 Å². The molecule has 22 heavy (non-hydrogen) atoms. The molecule has 5 heteroatoms. The first-order valence-electron chi connectivity index (χ1n) is 7.09. The average molecular weight is 292 g/mol. The number of aromatic nitrogens is 2. The molecule has 0 aliphatic rings. The topological polar surface area (TPSA) is 74.7 Å². The third kappa shape index (κ3) is 2.40. The van der Waals surface area contributed by atoms with E-state index in [-0.39, 0.29) is 6.04 Å². The first kappa shape index (κ1) is 14.1. The summed E-state index contributed by atoms with van der Waals surface area (Å²) in [6.07, 6.45) is 0. The molecule has 0 fully saturated rings. The molecule has 1 aromatic carbocycles. The molecule has 110 valence electrons. The first-order chi connectivity index (χ1) is 10.6. The maximum absolute atomic E-state index is 9.34. The van der Waals surface area contributed by atoms with Crippen LogP contribution in [0.2, 0.25) is 0 Å². The number of nitrogens with one attached hydrogen (secondary N) is 1. The van der Waals surface area contributed by atoms with Crippen molar-refractivity contribution in [2.75, 3.05) is 5.32 Å². The molecule has 5 nitrogen and oxygen atoms in total.